The summed E-state index contributed by atoms with van der Waals surface area (Å²) in [5, 5.41) is 13.7. The third kappa shape index (κ3) is 4.77. The SMILES string of the molecule is Cc1ccc(NC(=O)N[C@@H](CC(N)=O)C(=O)O)c(Cl)c1. The Morgan fingerprint density at radius 3 is 2.55 bits per heavy atom. The summed E-state index contributed by atoms with van der Waals surface area (Å²) < 4.78 is 0. The molecule has 0 spiro atoms. The molecule has 0 bridgehead atoms. The summed E-state index contributed by atoms with van der Waals surface area (Å²) in [6.45, 7) is 1.84. The van der Waals surface area contributed by atoms with E-state index in [1.54, 1.807) is 18.2 Å². The maximum Gasteiger partial charge on any atom is 0.326 e. The number of benzene rings is 1. The number of primary amides is 1. The van der Waals surface area contributed by atoms with Gasteiger partial charge in [-0.3, -0.25) is 4.79 Å². The van der Waals surface area contributed by atoms with Crippen molar-refractivity contribution in [1.29, 1.82) is 0 Å². The van der Waals surface area contributed by atoms with E-state index < -0.39 is 30.4 Å². The summed E-state index contributed by atoms with van der Waals surface area (Å²) in [5.41, 5.74) is 6.15. The average molecular weight is 300 g/mol. The normalized spacial score (nSPS) is 11.5. The second kappa shape index (κ2) is 6.76. The fraction of sp³-hybridized carbons (Fsp3) is 0.250. The van der Waals surface area contributed by atoms with Crippen LogP contribution < -0.4 is 16.4 Å². The van der Waals surface area contributed by atoms with Crippen LogP contribution in [0, 0.1) is 6.92 Å². The van der Waals surface area contributed by atoms with Gasteiger partial charge in [0.15, 0.2) is 0 Å². The molecule has 1 atom stereocenters. The molecular weight excluding hydrogens is 286 g/mol. The molecule has 0 aliphatic rings. The van der Waals surface area contributed by atoms with Crippen LogP contribution in [0.2, 0.25) is 5.02 Å². The van der Waals surface area contributed by atoms with E-state index in [0.717, 1.165) is 5.56 Å². The molecule has 0 saturated heterocycles. The lowest BCUT2D eigenvalue weighted by molar-refractivity contribution is -0.140. The number of rotatable bonds is 5. The van der Waals surface area contributed by atoms with E-state index in [4.69, 9.17) is 22.4 Å². The fourth-order valence-electron chi connectivity index (χ4n) is 1.44. The van der Waals surface area contributed by atoms with Gasteiger partial charge in [0.1, 0.15) is 6.04 Å². The number of carbonyl (C=O) groups is 3. The highest BCUT2D eigenvalue weighted by Gasteiger charge is 2.22. The molecule has 1 aromatic carbocycles. The highest BCUT2D eigenvalue weighted by Crippen LogP contribution is 2.22. The first kappa shape index (κ1) is 15.8. The molecule has 1 rings (SSSR count). The zero-order valence-electron chi connectivity index (χ0n) is 10.6. The lowest BCUT2D eigenvalue weighted by atomic mass is 10.2. The van der Waals surface area contributed by atoms with Gasteiger partial charge in [0, 0.05) is 0 Å². The summed E-state index contributed by atoms with van der Waals surface area (Å²) in [6.07, 6.45) is -0.496. The van der Waals surface area contributed by atoms with Crippen LogP contribution in [0.1, 0.15) is 12.0 Å². The van der Waals surface area contributed by atoms with Crippen molar-refractivity contribution in [2.45, 2.75) is 19.4 Å². The van der Waals surface area contributed by atoms with Crippen LogP contribution in [0.15, 0.2) is 18.2 Å². The van der Waals surface area contributed by atoms with E-state index in [2.05, 4.69) is 10.6 Å². The predicted molar refractivity (Wildman–Crippen MR) is 73.6 cm³/mol. The Balaban J connectivity index is 2.70. The number of carboxylic acids is 1. The van der Waals surface area contributed by atoms with Crippen LogP contribution in [0.5, 0.6) is 0 Å². The fourth-order valence-corrected chi connectivity index (χ4v) is 1.72. The number of nitrogens with one attached hydrogen (secondary N) is 2. The quantitative estimate of drug-likeness (QED) is 0.650. The molecule has 0 radical (unpaired) electrons. The van der Waals surface area contributed by atoms with Crippen LogP contribution >= 0.6 is 11.6 Å². The third-order valence-electron chi connectivity index (χ3n) is 2.38. The first-order chi connectivity index (χ1) is 9.29. The summed E-state index contributed by atoms with van der Waals surface area (Å²) in [7, 11) is 0. The van der Waals surface area contributed by atoms with Gasteiger partial charge < -0.3 is 21.5 Å². The molecule has 108 valence electrons. The molecule has 0 unspecified atom stereocenters. The van der Waals surface area contributed by atoms with Crippen LogP contribution in [-0.4, -0.2) is 29.1 Å². The molecule has 0 saturated carbocycles. The molecule has 0 aliphatic carbocycles. The standard InChI is InChI=1S/C12H14ClN3O4/c1-6-2-3-8(7(13)4-6)15-12(20)16-9(11(18)19)5-10(14)17/h2-4,9H,5H2,1H3,(H2,14,17)(H,18,19)(H2,15,16,20)/t9-/m0/s1. The number of carbonyl (C=O) groups excluding carboxylic acids is 2. The summed E-state index contributed by atoms with van der Waals surface area (Å²) >= 11 is 5.92. The number of carboxylic acid groups (broad SMARTS) is 1. The van der Waals surface area contributed by atoms with Gasteiger partial charge in [0.25, 0.3) is 0 Å². The van der Waals surface area contributed by atoms with Gasteiger partial charge in [-0.2, -0.15) is 0 Å². The Morgan fingerprint density at radius 2 is 2.05 bits per heavy atom. The Morgan fingerprint density at radius 1 is 1.40 bits per heavy atom. The Labute approximate surface area is 120 Å². The minimum atomic E-state index is -1.39. The molecule has 20 heavy (non-hydrogen) atoms. The summed E-state index contributed by atoms with van der Waals surface area (Å²) in [5.74, 6) is -2.18. The van der Waals surface area contributed by atoms with Crippen LogP contribution in [0.25, 0.3) is 0 Å². The van der Waals surface area contributed by atoms with Gasteiger partial charge in [0.2, 0.25) is 5.91 Å². The first-order valence-corrected chi connectivity index (χ1v) is 6.02. The first-order valence-electron chi connectivity index (χ1n) is 5.64. The van der Waals surface area contributed by atoms with E-state index in [-0.39, 0.29) is 0 Å². The van der Waals surface area contributed by atoms with Crippen molar-refractivity contribution in [3.63, 3.8) is 0 Å². The molecule has 8 heteroatoms. The predicted octanol–water partition coefficient (Wildman–Crippen LogP) is 1.10. The largest absolute Gasteiger partial charge is 0.480 e. The molecule has 5 N–H and O–H groups in total. The number of aliphatic carboxylic acids is 1. The number of aryl methyl sites for hydroxylation is 1. The molecule has 7 nitrogen and oxygen atoms in total. The van der Waals surface area contributed by atoms with Crippen molar-refractivity contribution in [3.05, 3.63) is 28.8 Å². The smallest absolute Gasteiger partial charge is 0.326 e. The highest BCUT2D eigenvalue weighted by molar-refractivity contribution is 6.33. The number of amides is 3. The van der Waals surface area contributed by atoms with Gasteiger partial charge >= 0.3 is 12.0 Å². The van der Waals surface area contributed by atoms with E-state index in [0.29, 0.717) is 10.7 Å². The van der Waals surface area contributed by atoms with Gasteiger partial charge in [0.05, 0.1) is 17.1 Å². The molecule has 1 aromatic rings. The monoisotopic (exact) mass is 299 g/mol. The number of urea groups is 1. The minimum Gasteiger partial charge on any atom is -0.480 e. The van der Waals surface area contributed by atoms with Crippen molar-refractivity contribution in [3.8, 4) is 0 Å². The molecule has 0 aliphatic heterocycles. The lowest BCUT2D eigenvalue weighted by Gasteiger charge is -2.14. The summed E-state index contributed by atoms with van der Waals surface area (Å²) in [6, 6.07) is 2.79. The van der Waals surface area contributed by atoms with E-state index in [9.17, 15) is 14.4 Å². The van der Waals surface area contributed by atoms with Crippen molar-refractivity contribution >= 4 is 35.2 Å². The number of hydrogen-bond acceptors (Lipinski definition) is 3. The topological polar surface area (TPSA) is 122 Å². The third-order valence-corrected chi connectivity index (χ3v) is 2.69. The Kier molecular flexibility index (Phi) is 5.33. The maximum atomic E-state index is 11.6. The lowest BCUT2D eigenvalue weighted by Crippen LogP contribution is -2.45. The van der Waals surface area contributed by atoms with Gasteiger partial charge in [-0.25, -0.2) is 9.59 Å². The van der Waals surface area contributed by atoms with Gasteiger partial charge in [-0.1, -0.05) is 17.7 Å². The zero-order chi connectivity index (χ0) is 15.3. The number of nitrogens with two attached hydrogens (primary N) is 1. The van der Waals surface area contributed by atoms with Crippen LogP contribution in [0.4, 0.5) is 10.5 Å². The second-order valence-corrected chi connectivity index (χ2v) is 4.55. The second-order valence-electron chi connectivity index (χ2n) is 4.14. The molecular formula is C12H14ClN3O4. The van der Waals surface area contributed by atoms with Gasteiger partial charge in [-0.05, 0) is 24.6 Å². The van der Waals surface area contributed by atoms with Crippen molar-refractivity contribution in [1.82, 2.24) is 5.32 Å². The van der Waals surface area contributed by atoms with Crippen LogP contribution in [0.3, 0.4) is 0 Å². The van der Waals surface area contributed by atoms with Gasteiger partial charge in [-0.15, -0.1) is 0 Å². The highest BCUT2D eigenvalue weighted by atomic mass is 35.5. The van der Waals surface area contributed by atoms with Crippen molar-refractivity contribution in [2.75, 3.05) is 5.32 Å². The molecule has 0 fully saturated rings. The van der Waals surface area contributed by atoms with Crippen LogP contribution in [-0.2, 0) is 9.59 Å². The number of anilines is 1. The van der Waals surface area contributed by atoms with E-state index in [1.807, 2.05) is 6.92 Å². The molecule has 0 heterocycles. The maximum absolute atomic E-state index is 11.6. The zero-order valence-corrected chi connectivity index (χ0v) is 11.4. The van der Waals surface area contributed by atoms with Crippen molar-refractivity contribution in [2.24, 2.45) is 5.73 Å². The Hall–Kier alpha value is -2.28. The number of halogens is 1. The van der Waals surface area contributed by atoms with E-state index in [1.165, 1.54) is 0 Å². The Bertz CT molecular complexity index is 548. The summed E-state index contributed by atoms with van der Waals surface area (Å²) in [4.78, 5) is 33.2. The van der Waals surface area contributed by atoms with E-state index >= 15 is 0 Å². The minimum absolute atomic E-state index is 0.321. The molecule has 0 aromatic heterocycles. The number of hydrogen-bond donors (Lipinski definition) is 4. The van der Waals surface area contributed by atoms with Crippen molar-refractivity contribution < 1.29 is 19.5 Å². The molecule has 3 amide bonds. The average Bonchev–Trinajstić information content (AvgIpc) is 2.31.